The smallest absolute Gasteiger partial charge is 0.227 e. The van der Waals surface area contributed by atoms with E-state index in [0.717, 1.165) is 19.6 Å². The van der Waals surface area contributed by atoms with Gasteiger partial charge in [-0.25, -0.2) is 9.38 Å². The molecule has 1 unspecified atom stereocenters. The topological polar surface area (TPSA) is 99.3 Å². The Morgan fingerprint density at radius 3 is 2.89 bits per heavy atom. The van der Waals surface area contributed by atoms with Crippen LogP contribution in [0.5, 0.6) is 5.75 Å². The van der Waals surface area contributed by atoms with Crippen molar-refractivity contribution in [1.29, 1.82) is 0 Å². The number of methoxy groups -OCH3 is 1. The fraction of sp³-hybridized carbons (Fsp3) is 0.579. The van der Waals surface area contributed by atoms with Gasteiger partial charge in [-0.05, 0) is 45.0 Å². The lowest BCUT2D eigenvalue weighted by Gasteiger charge is -2.22. The number of ether oxygens (including phenoxy) is 1. The second kappa shape index (κ2) is 11.5. The molecule has 156 valence electrons. The van der Waals surface area contributed by atoms with Gasteiger partial charge in [0.1, 0.15) is 0 Å². The van der Waals surface area contributed by atoms with Gasteiger partial charge in [-0.2, -0.15) is 4.99 Å². The average molecular weight is 394 g/mol. The second-order valence-corrected chi connectivity index (χ2v) is 6.52. The number of halogens is 1. The molecule has 0 spiro atoms. The zero-order valence-electron chi connectivity index (χ0n) is 17.0. The van der Waals surface area contributed by atoms with Crippen LogP contribution in [0.15, 0.2) is 28.2 Å². The van der Waals surface area contributed by atoms with Gasteiger partial charge in [0, 0.05) is 30.9 Å². The van der Waals surface area contributed by atoms with Crippen LogP contribution >= 0.6 is 0 Å². The molecule has 1 heterocycles. The number of hydrogen-bond donors (Lipinski definition) is 4. The predicted octanol–water partition coefficient (Wildman–Crippen LogP) is 1.56. The SMILES string of the molecule is CCN/C(N)=N/C(=N\CNCC1CCCN1CC)Nc1ccc(OC)c(F)c1. The number of likely N-dealkylation sites (N-methyl/N-ethyl adjacent to an activating group) is 1. The first-order valence-electron chi connectivity index (χ1n) is 9.75. The molecule has 1 atom stereocenters. The van der Waals surface area contributed by atoms with Crippen molar-refractivity contribution in [2.45, 2.75) is 32.7 Å². The lowest BCUT2D eigenvalue weighted by molar-refractivity contribution is 0.261. The van der Waals surface area contributed by atoms with E-state index < -0.39 is 5.82 Å². The highest BCUT2D eigenvalue weighted by molar-refractivity contribution is 6.01. The van der Waals surface area contributed by atoms with Gasteiger partial charge >= 0.3 is 0 Å². The van der Waals surface area contributed by atoms with Gasteiger partial charge in [-0.3, -0.25) is 10.2 Å². The van der Waals surface area contributed by atoms with Crippen LogP contribution < -0.4 is 26.4 Å². The summed E-state index contributed by atoms with van der Waals surface area (Å²) in [6, 6.07) is 5.12. The Labute approximate surface area is 166 Å². The number of likely N-dealkylation sites (tertiary alicyclic amines) is 1. The summed E-state index contributed by atoms with van der Waals surface area (Å²) in [4.78, 5) is 11.2. The largest absolute Gasteiger partial charge is 0.494 e. The molecule has 0 bridgehead atoms. The summed E-state index contributed by atoms with van der Waals surface area (Å²) < 4.78 is 18.9. The van der Waals surface area contributed by atoms with Gasteiger partial charge in [0.2, 0.25) is 5.96 Å². The van der Waals surface area contributed by atoms with Gasteiger partial charge < -0.3 is 21.1 Å². The first-order chi connectivity index (χ1) is 13.6. The highest BCUT2D eigenvalue weighted by Gasteiger charge is 2.21. The van der Waals surface area contributed by atoms with Crippen LogP contribution in [0.1, 0.15) is 26.7 Å². The second-order valence-electron chi connectivity index (χ2n) is 6.52. The van der Waals surface area contributed by atoms with Crippen molar-refractivity contribution in [2.75, 3.05) is 45.3 Å². The van der Waals surface area contributed by atoms with Crippen LogP contribution in [-0.4, -0.2) is 62.8 Å². The van der Waals surface area contributed by atoms with Crippen LogP contribution in [0, 0.1) is 5.82 Å². The van der Waals surface area contributed by atoms with Gasteiger partial charge in [0.05, 0.1) is 13.8 Å². The Morgan fingerprint density at radius 2 is 2.21 bits per heavy atom. The molecule has 0 saturated carbocycles. The van der Waals surface area contributed by atoms with Crippen LogP contribution in [0.3, 0.4) is 0 Å². The van der Waals surface area contributed by atoms with E-state index in [4.69, 9.17) is 10.5 Å². The van der Waals surface area contributed by atoms with E-state index in [1.54, 1.807) is 12.1 Å². The summed E-state index contributed by atoms with van der Waals surface area (Å²) in [6.45, 7) is 8.23. The third-order valence-corrected chi connectivity index (χ3v) is 4.62. The number of rotatable bonds is 8. The van der Waals surface area contributed by atoms with Crippen molar-refractivity contribution in [3.05, 3.63) is 24.0 Å². The first kappa shape index (κ1) is 21.9. The quantitative estimate of drug-likeness (QED) is 0.304. The van der Waals surface area contributed by atoms with E-state index in [9.17, 15) is 4.39 Å². The molecular formula is C19H32FN7O. The standard InChI is InChI=1S/C19H32FN7O/c1-4-23-18(21)26-19(25-14-8-9-17(28-3)16(20)11-14)24-13-22-12-15-7-6-10-27(15)5-2/h8-9,11,15,22H,4-7,10,12-13H2,1-3H3,(H4,21,23,24,25,26). The molecule has 1 aromatic rings. The number of nitrogens with two attached hydrogens (primary N) is 1. The Balaban J connectivity index is 2.01. The minimum atomic E-state index is -0.463. The van der Waals surface area contributed by atoms with Gasteiger partial charge in [-0.1, -0.05) is 6.92 Å². The van der Waals surface area contributed by atoms with Crippen LogP contribution in [0.2, 0.25) is 0 Å². The fourth-order valence-electron chi connectivity index (χ4n) is 3.22. The van der Waals surface area contributed by atoms with Crippen molar-refractivity contribution in [1.82, 2.24) is 15.5 Å². The molecule has 28 heavy (non-hydrogen) atoms. The number of hydrogen-bond acceptors (Lipinski definition) is 4. The van der Waals surface area contributed by atoms with Crippen molar-refractivity contribution >= 4 is 17.6 Å². The van der Waals surface area contributed by atoms with E-state index in [1.807, 2.05) is 6.92 Å². The molecular weight excluding hydrogens is 361 g/mol. The number of nitrogens with one attached hydrogen (secondary N) is 3. The normalized spacial score (nSPS) is 18.4. The zero-order chi connectivity index (χ0) is 20.4. The molecule has 9 heteroatoms. The number of guanidine groups is 2. The average Bonchev–Trinajstić information content (AvgIpc) is 3.13. The molecule has 1 aliphatic rings. The van der Waals surface area contributed by atoms with Crippen LogP contribution in [0.4, 0.5) is 10.1 Å². The van der Waals surface area contributed by atoms with E-state index in [2.05, 4.69) is 37.8 Å². The molecule has 0 aliphatic carbocycles. The number of nitrogens with zero attached hydrogens (tertiary/aromatic N) is 3. The zero-order valence-corrected chi connectivity index (χ0v) is 17.0. The lowest BCUT2D eigenvalue weighted by atomic mass is 10.2. The maximum absolute atomic E-state index is 13.9. The molecule has 2 rings (SSSR count). The summed E-state index contributed by atoms with van der Waals surface area (Å²) >= 11 is 0. The fourth-order valence-corrected chi connectivity index (χ4v) is 3.22. The summed E-state index contributed by atoms with van der Waals surface area (Å²) in [5.74, 6) is 0.262. The maximum Gasteiger partial charge on any atom is 0.227 e. The van der Waals surface area contributed by atoms with Crippen molar-refractivity contribution in [3.63, 3.8) is 0 Å². The molecule has 0 radical (unpaired) electrons. The lowest BCUT2D eigenvalue weighted by Crippen LogP contribution is -2.38. The Morgan fingerprint density at radius 1 is 1.39 bits per heavy atom. The van der Waals surface area contributed by atoms with Crippen molar-refractivity contribution in [2.24, 2.45) is 15.7 Å². The van der Waals surface area contributed by atoms with E-state index >= 15 is 0 Å². The van der Waals surface area contributed by atoms with Crippen LogP contribution in [-0.2, 0) is 0 Å². The molecule has 0 aromatic heterocycles. The minimum absolute atomic E-state index is 0.179. The van der Waals surface area contributed by atoms with Crippen molar-refractivity contribution in [3.8, 4) is 5.75 Å². The highest BCUT2D eigenvalue weighted by atomic mass is 19.1. The summed E-state index contributed by atoms with van der Waals surface area (Å²) in [7, 11) is 1.43. The predicted molar refractivity (Wildman–Crippen MR) is 112 cm³/mol. The molecule has 8 nitrogen and oxygen atoms in total. The molecule has 1 aliphatic heterocycles. The Kier molecular flexibility index (Phi) is 8.96. The van der Waals surface area contributed by atoms with Gasteiger partial charge in [0.15, 0.2) is 17.5 Å². The Hall–Kier alpha value is -2.39. The highest BCUT2D eigenvalue weighted by Crippen LogP contribution is 2.20. The van der Waals surface area contributed by atoms with E-state index in [0.29, 0.717) is 30.9 Å². The summed E-state index contributed by atoms with van der Waals surface area (Å²) in [5.41, 5.74) is 6.36. The van der Waals surface area contributed by atoms with Crippen molar-refractivity contribution < 1.29 is 9.13 Å². The van der Waals surface area contributed by atoms with Gasteiger partial charge in [-0.15, -0.1) is 0 Å². The summed E-state index contributed by atoms with van der Waals surface area (Å²) in [5, 5.41) is 9.28. The van der Waals surface area contributed by atoms with E-state index in [-0.39, 0.29) is 11.7 Å². The Bertz CT molecular complexity index is 680. The first-order valence-corrected chi connectivity index (χ1v) is 9.75. The third kappa shape index (κ3) is 6.65. The minimum Gasteiger partial charge on any atom is -0.494 e. The monoisotopic (exact) mass is 393 g/mol. The van der Waals surface area contributed by atoms with Crippen LogP contribution in [0.25, 0.3) is 0 Å². The molecule has 1 saturated heterocycles. The number of benzene rings is 1. The van der Waals surface area contributed by atoms with Gasteiger partial charge in [0.25, 0.3) is 0 Å². The maximum atomic E-state index is 13.9. The molecule has 1 fully saturated rings. The molecule has 5 N–H and O–H groups in total. The third-order valence-electron chi connectivity index (χ3n) is 4.62. The molecule has 0 amide bonds. The molecule has 1 aromatic carbocycles. The number of aliphatic imine (C=N–C) groups is 2. The van der Waals surface area contributed by atoms with E-state index in [1.165, 1.54) is 26.0 Å². The number of anilines is 1. The summed E-state index contributed by atoms with van der Waals surface area (Å²) in [6.07, 6.45) is 2.44.